The SMILES string of the molecule is CN(C)C(=O)c1ccc(Cl)c(N(CC(=O)O)S(=O)O)c1. The predicted octanol–water partition coefficient (Wildman–Crippen LogP) is 1.07. The number of aliphatic carboxylic acids is 1. The van der Waals surface area contributed by atoms with Crippen LogP contribution in [0.1, 0.15) is 10.4 Å². The Hall–Kier alpha value is -1.64. The van der Waals surface area contributed by atoms with Gasteiger partial charge in [0.1, 0.15) is 6.54 Å². The Morgan fingerprint density at radius 1 is 1.35 bits per heavy atom. The number of carbonyl (C=O) groups is 2. The van der Waals surface area contributed by atoms with Gasteiger partial charge in [0.25, 0.3) is 17.2 Å². The second-order valence-electron chi connectivity index (χ2n) is 4.03. The van der Waals surface area contributed by atoms with Gasteiger partial charge in [-0.05, 0) is 18.2 Å². The Morgan fingerprint density at radius 3 is 2.40 bits per heavy atom. The quantitative estimate of drug-likeness (QED) is 0.791. The van der Waals surface area contributed by atoms with E-state index in [2.05, 4.69) is 0 Å². The summed E-state index contributed by atoms with van der Waals surface area (Å²) in [5.41, 5.74) is 0.234. The molecule has 0 fully saturated rings. The van der Waals surface area contributed by atoms with Gasteiger partial charge in [0, 0.05) is 19.7 Å². The Labute approximate surface area is 123 Å². The van der Waals surface area contributed by atoms with Gasteiger partial charge < -0.3 is 10.0 Å². The predicted molar refractivity (Wildman–Crippen MR) is 75.2 cm³/mol. The molecule has 2 N–H and O–H groups in total. The minimum Gasteiger partial charge on any atom is -0.480 e. The topological polar surface area (TPSA) is 98.2 Å². The molecular weight excluding hydrogens is 308 g/mol. The molecule has 110 valence electrons. The molecule has 7 nitrogen and oxygen atoms in total. The third-order valence-electron chi connectivity index (χ3n) is 2.34. The van der Waals surface area contributed by atoms with E-state index in [4.69, 9.17) is 21.3 Å². The van der Waals surface area contributed by atoms with Crippen molar-refractivity contribution < 1.29 is 23.5 Å². The number of carboxylic acids is 1. The molecule has 0 aliphatic carbocycles. The lowest BCUT2D eigenvalue weighted by atomic mass is 10.2. The molecule has 0 saturated carbocycles. The van der Waals surface area contributed by atoms with Crippen molar-refractivity contribution in [3.63, 3.8) is 0 Å². The summed E-state index contributed by atoms with van der Waals surface area (Å²) in [7, 11) is 3.10. The summed E-state index contributed by atoms with van der Waals surface area (Å²) in [5.74, 6) is -1.63. The van der Waals surface area contributed by atoms with Crippen LogP contribution in [0.2, 0.25) is 5.02 Å². The third-order valence-corrected chi connectivity index (χ3v) is 3.36. The summed E-state index contributed by atoms with van der Waals surface area (Å²) >= 11 is 3.32. The van der Waals surface area contributed by atoms with Crippen LogP contribution in [0, 0.1) is 0 Å². The zero-order chi connectivity index (χ0) is 15.4. The highest BCUT2D eigenvalue weighted by atomic mass is 35.5. The number of amides is 1. The van der Waals surface area contributed by atoms with Crippen LogP contribution in [-0.2, 0) is 16.1 Å². The molecule has 1 unspecified atom stereocenters. The molecule has 1 amide bonds. The molecule has 0 radical (unpaired) electrons. The van der Waals surface area contributed by atoms with Crippen molar-refractivity contribution in [2.75, 3.05) is 24.9 Å². The molecule has 0 heterocycles. The van der Waals surface area contributed by atoms with Gasteiger partial charge in [-0.3, -0.25) is 18.4 Å². The van der Waals surface area contributed by atoms with Crippen LogP contribution >= 0.6 is 11.6 Å². The number of carboxylic acid groups (broad SMARTS) is 1. The standard InChI is InChI=1S/C11H13ClN2O5S/c1-13(2)11(17)7-3-4-8(12)9(5-7)14(20(18)19)6-10(15)16/h3-5H,6H2,1-2H3,(H,15,16)(H,18,19). The molecule has 0 aromatic heterocycles. The summed E-state index contributed by atoms with van der Waals surface area (Å²) in [6.07, 6.45) is 0. The summed E-state index contributed by atoms with van der Waals surface area (Å²) in [5, 5.41) is 8.82. The van der Waals surface area contributed by atoms with Crippen molar-refractivity contribution in [3.05, 3.63) is 28.8 Å². The fourth-order valence-electron chi connectivity index (χ4n) is 1.44. The summed E-state index contributed by atoms with van der Waals surface area (Å²) < 4.78 is 21.1. The van der Waals surface area contributed by atoms with Crippen LogP contribution in [-0.4, -0.2) is 51.3 Å². The highest BCUT2D eigenvalue weighted by Gasteiger charge is 2.21. The zero-order valence-corrected chi connectivity index (χ0v) is 12.3. The van der Waals surface area contributed by atoms with Crippen LogP contribution in [0.4, 0.5) is 5.69 Å². The number of hydrogen-bond acceptors (Lipinski definition) is 3. The van der Waals surface area contributed by atoms with Gasteiger partial charge in [0.15, 0.2) is 0 Å². The van der Waals surface area contributed by atoms with Crippen LogP contribution in [0.15, 0.2) is 18.2 Å². The maximum atomic E-state index is 11.8. The number of hydrogen-bond donors (Lipinski definition) is 2. The lowest BCUT2D eigenvalue weighted by molar-refractivity contribution is -0.135. The van der Waals surface area contributed by atoms with Crippen molar-refractivity contribution in [2.45, 2.75) is 0 Å². The molecule has 1 aromatic carbocycles. The van der Waals surface area contributed by atoms with Crippen LogP contribution in [0.3, 0.4) is 0 Å². The Bertz CT molecular complexity index is 564. The summed E-state index contributed by atoms with van der Waals surface area (Å²) in [6, 6.07) is 4.10. The van der Waals surface area contributed by atoms with E-state index in [0.29, 0.717) is 4.31 Å². The normalized spacial score (nSPS) is 11.8. The number of anilines is 1. The molecule has 1 aromatic rings. The van der Waals surface area contributed by atoms with E-state index in [0.717, 1.165) is 0 Å². The number of halogens is 1. The van der Waals surface area contributed by atoms with Crippen LogP contribution in [0.5, 0.6) is 0 Å². The van der Waals surface area contributed by atoms with Crippen molar-refractivity contribution in [2.24, 2.45) is 0 Å². The number of rotatable bonds is 5. The van der Waals surface area contributed by atoms with E-state index < -0.39 is 23.8 Å². The first-order chi connectivity index (χ1) is 9.23. The van der Waals surface area contributed by atoms with Crippen molar-refractivity contribution >= 4 is 40.4 Å². The molecule has 20 heavy (non-hydrogen) atoms. The molecule has 1 rings (SSSR count). The molecule has 1 atom stereocenters. The third kappa shape index (κ3) is 3.92. The van der Waals surface area contributed by atoms with E-state index in [1.165, 1.54) is 23.1 Å². The molecule has 0 aliphatic rings. The Balaban J connectivity index is 3.27. The van der Waals surface area contributed by atoms with Gasteiger partial charge in [0.05, 0.1) is 10.7 Å². The van der Waals surface area contributed by atoms with E-state index in [-0.39, 0.29) is 22.2 Å². The molecule has 0 spiro atoms. The number of nitrogens with zero attached hydrogens (tertiary/aromatic N) is 2. The smallest absolute Gasteiger partial charge is 0.324 e. The fraction of sp³-hybridized carbons (Fsp3) is 0.273. The molecule has 0 bridgehead atoms. The lowest BCUT2D eigenvalue weighted by Crippen LogP contribution is -2.31. The maximum Gasteiger partial charge on any atom is 0.324 e. The second-order valence-corrected chi connectivity index (χ2v) is 5.34. The first-order valence-electron chi connectivity index (χ1n) is 5.35. The van der Waals surface area contributed by atoms with Gasteiger partial charge in [-0.1, -0.05) is 11.6 Å². The molecule has 0 saturated heterocycles. The minimum absolute atomic E-state index is 0.00241. The van der Waals surface area contributed by atoms with Crippen molar-refractivity contribution in [3.8, 4) is 0 Å². The van der Waals surface area contributed by atoms with E-state index in [9.17, 15) is 13.8 Å². The molecule has 0 aliphatic heterocycles. The number of carbonyl (C=O) groups excluding carboxylic acids is 1. The first kappa shape index (κ1) is 16.4. The summed E-state index contributed by atoms with van der Waals surface area (Å²) in [4.78, 5) is 23.9. The van der Waals surface area contributed by atoms with E-state index >= 15 is 0 Å². The zero-order valence-electron chi connectivity index (χ0n) is 10.7. The molecular formula is C11H13ClN2O5S. The van der Waals surface area contributed by atoms with Gasteiger partial charge in [-0.15, -0.1) is 0 Å². The average molecular weight is 321 g/mol. The van der Waals surface area contributed by atoms with Gasteiger partial charge in [-0.25, -0.2) is 4.21 Å². The summed E-state index contributed by atoms with van der Waals surface area (Å²) in [6.45, 7) is -0.720. The highest BCUT2D eigenvalue weighted by molar-refractivity contribution is 7.80. The van der Waals surface area contributed by atoms with Crippen LogP contribution < -0.4 is 4.31 Å². The van der Waals surface area contributed by atoms with Crippen molar-refractivity contribution in [1.82, 2.24) is 4.90 Å². The number of benzene rings is 1. The monoisotopic (exact) mass is 320 g/mol. The fourth-order valence-corrected chi connectivity index (χ4v) is 2.25. The average Bonchev–Trinajstić information content (AvgIpc) is 2.35. The lowest BCUT2D eigenvalue weighted by Gasteiger charge is -2.20. The van der Waals surface area contributed by atoms with Crippen LogP contribution in [0.25, 0.3) is 0 Å². The van der Waals surface area contributed by atoms with Crippen molar-refractivity contribution in [1.29, 1.82) is 0 Å². The van der Waals surface area contributed by atoms with E-state index in [1.54, 1.807) is 14.1 Å². The van der Waals surface area contributed by atoms with E-state index in [1.807, 2.05) is 0 Å². The molecule has 9 heteroatoms. The van der Waals surface area contributed by atoms with Gasteiger partial charge >= 0.3 is 5.97 Å². The Morgan fingerprint density at radius 2 is 1.95 bits per heavy atom. The van der Waals surface area contributed by atoms with Gasteiger partial charge in [-0.2, -0.15) is 0 Å². The highest BCUT2D eigenvalue weighted by Crippen LogP contribution is 2.28. The minimum atomic E-state index is -2.57. The first-order valence-corrected chi connectivity index (χ1v) is 6.79. The maximum absolute atomic E-state index is 11.8. The Kier molecular flexibility index (Phi) is 5.49. The van der Waals surface area contributed by atoms with Gasteiger partial charge in [0.2, 0.25) is 0 Å². The largest absolute Gasteiger partial charge is 0.480 e. The second kappa shape index (κ2) is 6.69.